The predicted octanol–water partition coefficient (Wildman–Crippen LogP) is 3.47. The maximum absolute atomic E-state index is 13.2. The number of hydrogen-bond acceptors (Lipinski definition) is 6. The third-order valence-corrected chi connectivity index (χ3v) is 6.97. The van der Waals surface area contributed by atoms with Crippen molar-refractivity contribution >= 4 is 15.8 Å². The Hall–Kier alpha value is -1.38. The minimum Gasteiger partial charge on any atom is -0.465 e. The maximum atomic E-state index is 13.2. The van der Waals surface area contributed by atoms with Gasteiger partial charge in [-0.05, 0) is 18.9 Å². The standard InChI is InChI=1S/C20H35NO6S/c1-5-7-9-11-18(22)19(28(24,25)12-10-8-6-2)17-13-16(20(23)27-4)14-21(17)15-26-3/h13-14,18-19,22H,5-12,15H2,1-4H3. The Morgan fingerprint density at radius 2 is 1.79 bits per heavy atom. The summed E-state index contributed by atoms with van der Waals surface area (Å²) in [4.78, 5) is 12.0. The molecule has 0 fully saturated rings. The first-order chi connectivity index (χ1) is 13.3. The smallest absolute Gasteiger partial charge is 0.339 e. The Kier molecular flexibility index (Phi) is 10.8. The molecule has 7 nitrogen and oxygen atoms in total. The van der Waals surface area contributed by atoms with E-state index in [1.165, 1.54) is 26.5 Å². The number of carbonyl (C=O) groups is 1. The maximum Gasteiger partial charge on any atom is 0.339 e. The van der Waals surface area contributed by atoms with Crippen LogP contribution >= 0.6 is 0 Å². The Labute approximate surface area is 168 Å². The normalized spacial score (nSPS) is 14.0. The molecular formula is C20H35NO6S. The van der Waals surface area contributed by atoms with Crippen molar-refractivity contribution in [2.24, 2.45) is 0 Å². The number of ether oxygens (including phenoxy) is 2. The van der Waals surface area contributed by atoms with Crippen molar-refractivity contribution in [2.75, 3.05) is 20.0 Å². The molecule has 0 saturated heterocycles. The minimum absolute atomic E-state index is 0.00205. The number of methoxy groups -OCH3 is 2. The van der Waals surface area contributed by atoms with Gasteiger partial charge in [0.1, 0.15) is 12.0 Å². The average molecular weight is 418 g/mol. The summed E-state index contributed by atoms with van der Waals surface area (Å²) in [5.74, 6) is -0.555. The molecule has 0 aliphatic heterocycles. The van der Waals surface area contributed by atoms with Crippen molar-refractivity contribution in [3.8, 4) is 0 Å². The van der Waals surface area contributed by atoms with E-state index in [0.717, 1.165) is 32.1 Å². The van der Waals surface area contributed by atoms with Crippen LogP contribution in [0.5, 0.6) is 0 Å². The predicted molar refractivity (Wildman–Crippen MR) is 109 cm³/mol. The quantitative estimate of drug-likeness (QED) is 0.368. The van der Waals surface area contributed by atoms with Gasteiger partial charge in [-0.1, -0.05) is 46.0 Å². The molecule has 0 amide bonds. The lowest BCUT2D eigenvalue weighted by atomic mass is 10.1. The molecule has 1 rings (SSSR count). The van der Waals surface area contributed by atoms with Gasteiger partial charge >= 0.3 is 5.97 Å². The number of aliphatic hydroxyl groups is 1. The van der Waals surface area contributed by atoms with Crippen LogP contribution in [0.4, 0.5) is 0 Å². The molecule has 8 heteroatoms. The molecule has 0 radical (unpaired) electrons. The molecular weight excluding hydrogens is 382 g/mol. The highest BCUT2D eigenvalue weighted by molar-refractivity contribution is 7.91. The fraction of sp³-hybridized carbons (Fsp3) is 0.750. The van der Waals surface area contributed by atoms with Gasteiger partial charge in [0.05, 0.1) is 24.5 Å². The third kappa shape index (κ3) is 6.90. The largest absolute Gasteiger partial charge is 0.465 e. The van der Waals surface area contributed by atoms with Gasteiger partial charge < -0.3 is 19.1 Å². The van der Waals surface area contributed by atoms with Gasteiger partial charge in [0.25, 0.3) is 0 Å². The number of esters is 1. The zero-order valence-electron chi connectivity index (χ0n) is 17.5. The van der Waals surface area contributed by atoms with E-state index in [9.17, 15) is 18.3 Å². The summed E-state index contributed by atoms with van der Waals surface area (Å²) < 4.78 is 37.8. The second-order valence-electron chi connectivity index (χ2n) is 7.09. The topological polar surface area (TPSA) is 94.8 Å². The highest BCUT2D eigenvalue weighted by Crippen LogP contribution is 2.32. The summed E-state index contributed by atoms with van der Waals surface area (Å²) in [6.07, 6.45) is 5.76. The fourth-order valence-electron chi connectivity index (χ4n) is 3.30. The number of nitrogens with zero attached hydrogens (tertiary/aromatic N) is 1. The zero-order chi connectivity index (χ0) is 21.2. The first-order valence-electron chi connectivity index (χ1n) is 9.99. The van der Waals surface area contributed by atoms with Gasteiger partial charge in [0.15, 0.2) is 9.84 Å². The molecule has 1 aromatic rings. The van der Waals surface area contributed by atoms with Crippen LogP contribution in [-0.2, 0) is 26.0 Å². The second-order valence-corrected chi connectivity index (χ2v) is 9.33. The van der Waals surface area contributed by atoms with Gasteiger partial charge in [-0.3, -0.25) is 0 Å². The van der Waals surface area contributed by atoms with Gasteiger partial charge in [0.2, 0.25) is 0 Å². The summed E-state index contributed by atoms with van der Waals surface area (Å²) in [6.45, 7) is 4.14. The molecule has 28 heavy (non-hydrogen) atoms. The molecule has 0 saturated carbocycles. The van der Waals surface area contributed by atoms with Crippen LogP contribution in [0.2, 0.25) is 0 Å². The monoisotopic (exact) mass is 417 g/mol. The van der Waals surface area contributed by atoms with Crippen molar-refractivity contribution in [3.63, 3.8) is 0 Å². The lowest BCUT2D eigenvalue weighted by Crippen LogP contribution is -2.30. The number of rotatable bonds is 14. The van der Waals surface area contributed by atoms with E-state index in [4.69, 9.17) is 9.47 Å². The summed E-state index contributed by atoms with van der Waals surface area (Å²) in [5, 5.41) is 9.73. The first-order valence-corrected chi connectivity index (χ1v) is 11.7. The van der Waals surface area contributed by atoms with Gasteiger partial charge in [-0.2, -0.15) is 0 Å². The second kappa shape index (κ2) is 12.2. The molecule has 2 atom stereocenters. The van der Waals surface area contributed by atoms with Crippen LogP contribution in [0, 0.1) is 0 Å². The van der Waals surface area contributed by atoms with Crippen molar-refractivity contribution in [2.45, 2.75) is 76.9 Å². The SMILES string of the molecule is CCCCCC(O)C(c1cc(C(=O)OC)cn1COC)S(=O)(=O)CCCCC. The van der Waals surface area contributed by atoms with Crippen LogP contribution in [0.3, 0.4) is 0 Å². The van der Waals surface area contributed by atoms with Crippen LogP contribution in [0.1, 0.15) is 80.1 Å². The summed E-state index contributed by atoms with van der Waals surface area (Å²) in [6, 6.07) is 1.50. The van der Waals surface area contributed by atoms with E-state index in [1.54, 1.807) is 4.57 Å². The van der Waals surface area contributed by atoms with Crippen molar-refractivity contribution in [3.05, 3.63) is 23.5 Å². The summed E-state index contributed by atoms with van der Waals surface area (Å²) in [7, 11) is -0.860. The molecule has 0 spiro atoms. The number of aromatic nitrogens is 1. The number of sulfone groups is 1. The third-order valence-electron chi connectivity index (χ3n) is 4.78. The Bertz CT molecular complexity index is 698. The van der Waals surface area contributed by atoms with Gasteiger partial charge in [-0.25, -0.2) is 13.2 Å². The summed E-state index contributed by atoms with van der Waals surface area (Å²) >= 11 is 0. The lowest BCUT2D eigenvalue weighted by Gasteiger charge is -2.25. The van der Waals surface area contributed by atoms with E-state index in [2.05, 4.69) is 6.92 Å². The van der Waals surface area contributed by atoms with Gasteiger partial charge in [-0.15, -0.1) is 0 Å². The molecule has 0 bridgehead atoms. The first kappa shape index (κ1) is 24.7. The highest BCUT2D eigenvalue weighted by Gasteiger charge is 2.36. The van der Waals surface area contributed by atoms with E-state index >= 15 is 0 Å². The van der Waals surface area contributed by atoms with E-state index in [1.807, 2.05) is 6.92 Å². The fourth-order valence-corrected chi connectivity index (χ4v) is 5.35. The zero-order valence-corrected chi connectivity index (χ0v) is 18.3. The molecule has 0 aromatic carbocycles. The van der Waals surface area contributed by atoms with Crippen molar-refractivity contribution < 1.29 is 27.8 Å². The van der Waals surface area contributed by atoms with Gasteiger partial charge in [0, 0.05) is 19.0 Å². The minimum atomic E-state index is -3.62. The summed E-state index contributed by atoms with van der Waals surface area (Å²) in [5.41, 5.74) is 0.604. The van der Waals surface area contributed by atoms with Crippen molar-refractivity contribution in [1.82, 2.24) is 4.57 Å². The molecule has 1 heterocycles. The van der Waals surface area contributed by atoms with E-state index in [0.29, 0.717) is 18.5 Å². The molecule has 1 N–H and O–H groups in total. The number of unbranched alkanes of at least 4 members (excludes halogenated alkanes) is 4. The average Bonchev–Trinajstić information content (AvgIpc) is 3.05. The molecule has 1 aromatic heterocycles. The number of aliphatic hydroxyl groups excluding tert-OH is 1. The van der Waals surface area contributed by atoms with Crippen LogP contribution in [0.15, 0.2) is 12.3 Å². The van der Waals surface area contributed by atoms with Crippen LogP contribution in [-0.4, -0.2) is 50.1 Å². The number of carbonyl (C=O) groups excluding carboxylic acids is 1. The lowest BCUT2D eigenvalue weighted by molar-refractivity contribution is 0.0600. The molecule has 162 valence electrons. The van der Waals surface area contributed by atoms with Crippen LogP contribution < -0.4 is 0 Å². The van der Waals surface area contributed by atoms with Crippen molar-refractivity contribution in [1.29, 1.82) is 0 Å². The highest BCUT2D eigenvalue weighted by atomic mass is 32.2. The van der Waals surface area contributed by atoms with E-state index in [-0.39, 0.29) is 18.0 Å². The molecule has 2 unspecified atom stereocenters. The molecule has 0 aliphatic rings. The molecule has 0 aliphatic carbocycles. The van der Waals surface area contributed by atoms with E-state index < -0.39 is 27.2 Å². The Morgan fingerprint density at radius 1 is 1.14 bits per heavy atom. The Morgan fingerprint density at radius 3 is 2.36 bits per heavy atom. The number of hydrogen-bond donors (Lipinski definition) is 1. The van der Waals surface area contributed by atoms with Crippen LogP contribution in [0.25, 0.3) is 0 Å². The Balaban J connectivity index is 3.32.